The molecule has 0 aliphatic heterocycles. The second-order valence-electron chi connectivity index (χ2n) is 5.60. The Morgan fingerprint density at radius 1 is 1.24 bits per heavy atom. The quantitative estimate of drug-likeness (QED) is 0.675. The van der Waals surface area contributed by atoms with Crippen molar-refractivity contribution < 1.29 is 0 Å². The van der Waals surface area contributed by atoms with Crippen molar-refractivity contribution in [1.29, 1.82) is 0 Å². The van der Waals surface area contributed by atoms with E-state index in [0.717, 1.165) is 29.4 Å². The predicted octanol–water partition coefficient (Wildman–Crippen LogP) is 4.69. The highest BCUT2D eigenvalue weighted by Gasteiger charge is 2.17. The molecule has 0 spiro atoms. The van der Waals surface area contributed by atoms with Crippen LogP contribution in [0.3, 0.4) is 0 Å². The van der Waals surface area contributed by atoms with Gasteiger partial charge in [0.1, 0.15) is 0 Å². The van der Waals surface area contributed by atoms with Crippen molar-refractivity contribution in [3.8, 4) is 0 Å². The third-order valence-electron chi connectivity index (χ3n) is 3.85. The van der Waals surface area contributed by atoms with Crippen molar-refractivity contribution in [2.45, 2.75) is 33.1 Å². The number of halogens is 2. The molecule has 0 saturated heterocycles. The molecule has 1 aromatic carbocycles. The van der Waals surface area contributed by atoms with Gasteiger partial charge in [0.05, 0.1) is 15.9 Å². The van der Waals surface area contributed by atoms with Crippen LogP contribution >= 0.6 is 27.5 Å². The van der Waals surface area contributed by atoms with E-state index in [0.29, 0.717) is 11.8 Å². The maximum atomic E-state index is 6.20. The summed E-state index contributed by atoms with van der Waals surface area (Å²) in [4.78, 5) is 0. The summed E-state index contributed by atoms with van der Waals surface area (Å²) < 4.78 is 3.13. The molecule has 0 bridgehead atoms. The van der Waals surface area contributed by atoms with E-state index in [2.05, 4.69) is 59.1 Å². The van der Waals surface area contributed by atoms with Gasteiger partial charge in [0, 0.05) is 12.9 Å². The summed E-state index contributed by atoms with van der Waals surface area (Å²) in [5, 5.41) is 4.56. The van der Waals surface area contributed by atoms with Crippen molar-refractivity contribution in [1.82, 2.24) is 9.78 Å². The van der Waals surface area contributed by atoms with E-state index in [9.17, 15) is 0 Å². The summed E-state index contributed by atoms with van der Waals surface area (Å²) >= 11 is 9.89. The molecule has 114 valence electrons. The van der Waals surface area contributed by atoms with Crippen LogP contribution in [0, 0.1) is 12.8 Å². The highest BCUT2D eigenvalue weighted by molar-refractivity contribution is 9.10. The Morgan fingerprint density at radius 2 is 1.90 bits per heavy atom. The topological polar surface area (TPSA) is 17.8 Å². The third-order valence-corrected chi connectivity index (χ3v) is 5.20. The molecule has 21 heavy (non-hydrogen) atoms. The maximum absolute atomic E-state index is 6.20. The summed E-state index contributed by atoms with van der Waals surface area (Å²) in [5.41, 5.74) is 5.00. The molecule has 1 unspecified atom stereocenters. The van der Waals surface area contributed by atoms with Gasteiger partial charge >= 0.3 is 0 Å². The molecule has 1 heterocycles. The van der Waals surface area contributed by atoms with Crippen molar-refractivity contribution in [2.24, 2.45) is 13.0 Å². The Kier molecular flexibility index (Phi) is 5.88. The number of nitrogens with zero attached hydrogens (tertiary/aromatic N) is 2. The summed E-state index contributed by atoms with van der Waals surface area (Å²) in [6.07, 6.45) is 2.89. The highest BCUT2D eigenvalue weighted by atomic mass is 79.9. The molecule has 1 aromatic heterocycles. The minimum absolute atomic E-state index is 0.422. The third kappa shape index (κ3) is 4.10. The number of hydrogen-bond donors (Lipinski definition) is 0. The maximum Gasteiger partial charge on any atom is 0.0766 e. The molecule has 0 N–H and O–H groups in total. The van der Waals surface area contributed by atoms with E-state index >= 15 is 0 Å². The predicted molar refractivity (Wildman–Crippen MR) is 93.1 cm³/mol. The molecular formula is C17H22BrClN2. The summed E-state index contributed by atoms with van der Waals surface area (Å²) in [5.74, 6) is 1.08. The van der Waals surface area contributed by atoms with Crippen LogP contribution in [0.5, 0.6) is 0 Å². The monoisotopic (exact) mass is 368 g/mol. The number of benzene rings is 1. The Balaban J connectivity index is 2.12. The molecule has 4 heteroatoms. The normalized spacial score (nSPS) is 12.6. The average molecular weight is 370 g/mol. The van der Waals surface area contributed by atoms with Crippen LogP contribution in [-0.4, -0.2) is 15.7 Å². The van der Waals surface area contributed by atoms with E-state index in [1.807, 2.05) is 11.7 Å². The number of rotatable bonds is 6. The first-order chi connectivity index (χ1) is 10.0. The Labute approximate surface area is 140 Å². The van der Waals surface area contributed by atoms with Gasteiger partial charge < -0.3 is 0 Å². The number of aryl methyl sites for hydroxylation is 3. The first-order valence-corrected chi connectivity index (χ1v) is 8.69. The van der Waals surface area contributed by atoms with E-state index in [4.69, 9.17) is 11.6 Å². The van der Waals surface area contributed by atoms with Gasteiger partial charge in [0.15, 0.2) is 0 Å². The van der Waals surface area contributed by atoms with Crippen LogP contribution in [0.4, 0.5) is 0 Å². The van der Waals surface area contributed by atoms with Crippen LogP contribution in [0.1, 0.15) is 29.4 Å². The molecule has 2 rings (SSSR count). The van der Waals surface area contributed by atoms with Crippen molar-refractivity contribution >= 4 is 27.5 Å². The lowest BCUT2D eigenvalue weighted by atomic mass is 9.95. The van der Waals surface area contributed by atoms with Gasteiger partial charge in [-0.25, -0.2) is 0 Å². The molecule has 2 aromatic rings. The first-order valence-electron chi connectivity index (χ1n) is 7.36. The van der Waals surface area contributed by atoms with E-state index in [1.54, 1.807) is 0 Å². The van der Waals surface area contributed by atoms with Crippen LogP contribution in [0.15, 0.2) is 28.7 Å². The molecule has 0 amide bonds. The molecule has 0 saturated carbocycles. The molecule has 2 nitrogen and oxygen atoms in total. The summed E-state index contributed by atoms with van der Waals surface area (Å²) in [6, 6.07) is 8.72. The lowest BCUT2D eigenvalue weighted by Gasteiger charge is -2.15. The number of aromatic nitrogens is 2. The molecule has 0 fully saturated rings. The van der Waals surface area contributed by atoms with Gasteiger partial charge in [0.2, 0.25) is 0 Å². The zero-order valence-corrected chi connectivity index (χ0v) is 15.2. The average Bonchev–Trinajstić information content (AvgIpc) is 2.75. The molecular weight excluding hydrogens is 348 g/mol. The van der Waals surface area contributed by atoms with Crippen molar-refractivity contribution in [3.63, 3.8) is 0 Å². The second-order valence-corrected chi connectivity index (χ2v) is 6.70. The standard InChI is InChI=1S/C17H22BrClN2/c1-4-15-17(18)16(21(3)20-15)10-14(11-19)9-13-7-5-12(2)6-8-13/h5-8,14H,4,9-11H2,1-3H3. The SMILES string of the molecule is CCc1nn(C)c(CC(CCl)Cc2ccc(C)cc2)c1Br. The fourth-order valence-electron chi connectivity index (χ4n) is 2.55. The van der Waals surface area contributed by atoms with Gasteiger partial charge in [-0.3, -0.25) is 4.68 Å². The lowest BCUT2D eigenvalue weighted by molar-refractivity contribution is 0.550. The van der Waals surface area contributed by atoms with Gasteiger partial charge in [-0.2, -0.15) is 5.10 Å². The van der Waals surface area contributed by atoms with Gasteiger partial charge in [0.25, 0.3) is 0 Å². The Morgan fingerprint density at radius 3 is 2.43 bits per heavy atom. The van der Waals surface area contributed by atoms with Crippen LogP contribution < -0.4 is 0 Å². The van der Waals surface area contributed by atoms with Crippen LogP contribution in [0.2, 0.25) is 0 Å². The Bertz CT molecular complexity index is 590. The fourth-order valence-corrected chi connectivity index (χ4v) is 3.55. The fraction of sp³-hybridized carbons (Fsp3) is 0.471. The first kappa shape index (κ1) is 16.6. The minimum Gasteiger partial charge on any atom is -0.271 e. The lowest BCUT2D eigenvalue weighted by Crippen LogP contribution is -2.13. The molecule has 0 radical (unpaired) electrons. The smallest absolute Gasteiger partial charge is 0.0766 e. The van der Waals surface area contributed by atoms with E-state index < -0.39 is 0 Å². The summed E-state index contributed by atoms with van der Waals surface area (Å²) in [6.45, 7) is 4.24. The highest BCUT2D eigenvalue weighted by Crippen LogP contribution is 2.26. The van der Waals surface area contributed by atoms with E-state index in [-0.39, 0.29) is 0 Å². The minimum atomic E-state index is 0.422. The van der Waals surface area contributed by atoms with Gasteiger partial charge in [-0.15, -0.1) is 11.6 Å². The molecule has 0 aliphatic carbocycles. The van der Waals surface area contributed by atoms with Crippen molar-refractivity contribution in [2.75, 3.05) is 5.88 Å². The zero-order valence-electron chi connectivity index (χ0n) is 12.9. The molecule has 0 aliphatic rings. The zero-order chi connectivity index (χ0) is 15.4. The number of alkyl halides is 1. The molecule has 1 atom stereocenters. The largest absolute Gasteiger partial charge is 0.271 e. The Hall–Kier alpha value is -0.800. The van der Waals surface area contributed by atoms with Crippen molar-refractivity contribution in [3.05, 3.63) is 51.3 Å². The van der Waals surface area contributed by atoms with Crippen LogP contribution in [0.25, 0.3) is 0 Å². The second kappa shape index (κ2) is 7.46. The van der Waals surface area contributed by atoms with E-state index in [1.165, 1.54) is 16.8 Å². The van der Waals surface area contributed by atoms with Gasteiger partial charge in [-0.1, -0.05) is 36.8 Å². The number of hydrogen-bond acceptors (Lipinski definition) is 1. The van der Waals surface area contributed by atoms with Gasteiger partial charge in [-0.05, 0) is 53.6 Å². The van der Waals surface area contributed by atoms with Crippen LogP contribution in [-0.2, 0) is 26.3 Å². The summed E-state index contributed by atoms with van der Waals surface area (Å²) in [7, 11) is 2.01.